The molecule has 7 nitrogen and oxygen atoms in total. The zero-order chi connectivity index (χ0) is 25.4. The molecular weight excluding hydrogens is 506 g/mol. The normalized spacial score (nSPS) is 11.2. The third-order valence-corrected chi connectivity index (χ3v) is 6.56. The van der Waals surface area contributed by atoms with Crippen LogP contribution in [0.4, 0.5) is 4.39 Å². The fraction of sp³-hybridized carbons (Fsp3) is 0.115. The zero-order valence-corrected chi connectivity index (χ0v) is 20.5. The van der Waals surface area contributed by atoms with Crippen LogP contribution >= 0.6 is 23.2 Å². The van der Waals surface area contributed by atoms with Crippen LogP contribution in [-0.2, 0) is 13.1 Å². The van der Waals surface area contributed by atoms with E-state index in [0.29, 0.717) is 21.5 Å². The largest absolute Gasteiger partial charge is 0.497 e. The van der Waals surface area contributed by atoms with E-state index in [1.807, 2.05) is 0 Å². The number of rotatable bonds is 6. The summed E-state index contributed by atoms with van der Waals surface area (Å²) in [7, 11) is 1.56. The first-order chi connectivity index (χ1) is 17.4. The Kier molecular flexibility index (Phi) is 6.38. The Bertz CT molecular complexity index is 1690. The lowest BCUT2D eigenvalue weighted by molar-refractivity contribution is 0.414. The van der Waals surface area contributed by atoms with Crippen LogP contribution in [0, 0.1) is 5.82 Å². The van der Waals surface area contributed by atoms with Crippen LogP contribution in [0.15, 0.2) is 82.6 Å². The van der Waals surface area contributed by atoms with Crippen molar-refractivity contribution in [3.8, 4) is 11.4 Å². The molecule has 0 radical (unpaired) electrons. The summed E-state index contributed by atoms with van der Waals surface area (Å²) in [5.74, 6) is 0.213. The molecule has 0 aliphatic heterocycles. The molecule has 0 amide bonds. The van der Waals surface area contributed by atoms with E-state index in [9.17, 15) is 14.0 Å². The van der Waals surface area contributed by atoms with Crippen molar-refractivity contribution in [2.45, 2.75) is 13.1 Å². The molecule has 0 fully saturated rings. The Balaban J connectivity index is 1.71. The van der Waals surface area contributed by atoms with Crippen molar-refractivity contribution in [1.82, 2.24) is 18.7 Å². The number of nitrogens with zero attached hydrogens (tertiary/aromatic N) is 4. The number of hydrogen-bond acceptors (Lipinski definition) is 4. The summed E-state index contributed by atoms with van der Waals surface area (Å²) in [4.78, 5) is 31.6. The van der Waals surface area contributed by atoms with Crippen LogP contribution < -0.4 is 16.0 Å². The van der Waals surface area contributed by atoms with E-state index < -0.39 is 17.1 Å². The first-order valence-corrected chi connectivity index (χ1v) is 11.6. The SMILES string of the molecule is COc1ccc(Cn2c(=O)c3c(ncn3Cc3ccc(Cl)c(Cl)c3)n(-c3ccc(F)cc3)c2=O)cc1. The quantitative estimate of drug-likeness (QED) is 0.316. The van der Waals surface area contributed by atoms with Crippen LogP contribution in [-0.4, -0.2) is 25.8 Å². The molecule has 0 N–H and O–H groups in total. The summed E-state index contributed by atoms with van der Waals surface area (Å²) in [5.41, 5.74) is 1.21. The van der Waals surface area contributed by atoms with Gasteiger partial charge in [-0.2, -0.15) is 0 Å². The van der Waals surface area contributed by atoms with Crippen LogP contribution in [0.3, 0.4) is 0 Å². The summed E-state index contributed by atoms with van der Waals surface area (Å²) in [6, 6.07) is 17.7. The van der Waals surface area contributed by atoms with Crippen molar-refractivity contribution in [3.05, 3.63) is 121 Å². The third kappa shape index (κ3) is 4.41. The van der Waals surface area contributed by atoms with Gasteiger partial charge in [-0.15, -0.1) is 0 Å². The molecule has 182 valence electrons. The monoisotopic (exact) mass is 524 g/mol. The van der Waals surface area contributed by atoms with E-state index in [-0.39, 0.29) is 24.3 Å². The van der Waals surface area contributed by atoms with Crippen molar-refractivity contribution < 1.29 is 9.13 Å². The van der Waals surface area contributed by atoms with Crippen LogP contribution in [0.2, 0.25) is 10.0 Å². The predicted octanol–water partition coefficient (Wildman–Crippen LogP) is 4.90. The summed E-state index contributed by atoms with van der Waals surface area (Å²) in [5, 5.41) is 0.807. The van der Waals surface area contributed by atoms with E-state index >= 15 is 0 Å². The van der Waals surface area contributed by atoms with Gasteiger partial charge in [0.2, 0.25) is 0 Å². The second kappa shape index (κ2) is 9.64. The lowest BCUT2D eigenvalue weighted by Gasteiger charge is -2.13. The van der Waals surface area contributed by atoms with Crippen molar-refractivity contribution in [2.24, 2.45) is 0 Å². The van der Waals surface area contributed by atoms with Crippen molar-refractivity contribution in [3.63, 3.8) is 0 Å². The van der Waals surface area contributed by atoms with E-state index in [0.717, 1.165) is 15.7 Å². The Labute approximate surface area is 214 Å². The minimum absolute atomic E-state index is 0.0246. The fourth-order valence-corrected chi connectivity index (χ4v) is 4.33. The third-order valence-electron chi connectivity index (χ3n) is 5.82. The van der Waals surface area contributed by atoms with Crippen molar-refractivity contribution in [1.29, 1.82) is 0 Å². The van der Waals surface area contributed by atoms with Gasteiger partial charge in [0.25, 0.3) is 5.56 Å². The molecule has 0 saturated carbocycles. The molecule has 10 heteroatoms. The fourth-order valence-electron chi connectivity index (χ4n) is 4.01. The van der Waals surface area contributed by atoms with Gasteiger partial charge in [-0.25, -0.2) is 18.7 Å². The molecule has 0 spiro atoms. The molecule has 0 atom stereocenters. The van der Waals surface area contributed by atoms with Gasteiger partial charge in [0.15, 0.2) is 11.2 Å². The summed E-state index contributed by atoms with van der Waals surface area (Å²) in [6.07, 6.45) is 1.49. The maximum absolute atomic E-state index is 13.7. The highest BCUT2D eigenvalue weighted by Crippen LogP contribution is 2.24. The predicted molar refractivity (Wildman–Crippen MR) is 137 cm³/mol. The van der Waals surface area contributed by atoms with Gasteiger partial charge < -0.3 is 9.30 Å². The maximum atomic E-state index is 13.7. The van der Waals surface area contributed by atoms with Gasteiger partial charge in [0.05, 0.1) is 35.7 Å². The molecule has 2 aromatic heterocycles. The molecule has 0 aliphatic carbocycles. The van der Waals surface area contributed by atoms with Gasteiger partial charge in [0, 0.05) is 6.54 Å². The van der Waals surface area contributed by atoms with E-state index in [1.165, 1.54) is 35.2 Å². The summed E-state index contributed by atoms with van der Waals surface area (Å²) < 4.78 is 22.9. The number of aromatic nitrogens is 4. The van der Waals surface area contributed by atoms with Gasteiger partial charge in [-0.1, -0.05) is 41.4 Å². The molecule has 0 saturated heterocycles. The highest BCUT2D eigenvalue weighted by Gasteiger charge is 2.20. The van der Waals surface area contributed by atoms with Crippen LogP contribution in [0.1, 0.15) is 11.1 Å². The average molecular weight is 525 g/mol. The Morgan fingerprint density at radius 3 is 2.25 bits per heavy atom. The number of hydrogen-bond donors (Lipinski definition) is 0. The Morgan fingerprint density at radius 1 is 0.889 bits per heavy atom. The van der Waals surface area contributed by atoms with E-state index in [2.05, 4.69) is 4.98 Å². The lowest BCUT2D eigenvalue weighted by Crippen LogP contribution is -2.40. The van der Waals surface area contributed by atoms with Crippen LogP contribution in [0.25, 0.3) is 16.9 Å². The molecule has 5 aromatic rings. The first-order valence-electron chi connectivity index (χ1n) is 10.9. The van der Waals surface area contributed by atoms with Crippen LogP contribution in [0.5, 0.6) is 5.75 Å². The Hall–Kier alpha value is -3.88. The number of imidazole rings is 1. The smallest absolute Gasteiger partial charge is 0.337 e. The molecule has 3 aromatic carbocycles. The van der Waals surface area contributed by atoms with Gasteiger partial charge >= 0.3 is 5.69 Å². The lowest BCUT2D eigenvalue weighted by atomic mass is 10.2. The van der Waals surface area contributed by atoms with E-state index in [1.54, 1.807) is 54.1 Å². The topological polar surface area (TPSA) is 71.1 Å². The maximum Gasteiger partial charge on any atom is 0.337 e. The Morgan fingerprint density at radius 2 is 1.58 bits per heavy atom. The highest BCUT2D eigenvalue weighted by molar-refractivity contribution is 6.42. The number of ether oxygens (including phenoxy) is 1. The number of halogens is 3. The number of methoxy groups -OCH3 is 1. The number of fused-ring (bicyclic) bond motifs is 1. The van der Waals surface area contributed by atoms with Crippen molar-refractivity contribution >= 4 is 34.4 Å². The zero-order valence-electron chi connectivity index (χ0n) is 19.0. The van der Waals surface area contributed by atoms with Crippen molar-refractivity contribution in [2.75, 3.05) is 7.11 Å². The molecule has 5 rings (SSSR count). The average Bonchev–Trinajstić information content (AvgIpc) is 3.29. The van der Waals surface area contributed by atoms with E-state index in [4.69, 9.17) is 27.9 Å². The number of benzene rings is 3. The second-order valence-electron chi connectivity index (χ2n) is 8.13. The molecule has 0 unspecified atom stereocenters. The minimum Gasteiger partial charge on any atom is -0.497 e. The summed E-state index contributed by atoms with van der Waals surface area (Å²) >= 11 is 12.2. The minimum atomic E-state index is -0.588. The second-order valence-corrected chi connectivity index (χ2v) is 8.94. The molecule has 36 heavy (non-hydrogen) atoms. The molecule has 0 aliphatic rings. The van der Waals surface area contributed by atoms with Gasteiger partial charge in [0.1, 0.15) is 11.6 Å². The molecular formula is C26H19Cl2FN4O3. The standard InChI is InChI=1S/C26H19Cl2FN4O3/c1-36-20-9-2-16(3-10-20)14-32-25(34)23-24(33(26(32)35)19-7-5-18(29)6-8-19)30-15-31(23)13-17-4-11-21(27)22(28)12-17/h2-12,15H,13-14H2,1H3. The van der Waals surface area contributed by atoms with Gasteiger partial charge in [-0.05, 0) is 59.7 Å². The van der Waals surface area contributed by atoms with Gasteiger partial charge in [-0.3, -0.25) is 9.36 Å². The highest BCUT2D eigenvalue weighted by atomic mass is 35.5. The summed E-state index contributed by atoms with van der Waals surface area (Å²) in [6.45, 7) is 0.295. The first kappa shape index (κ1) is 23.8. The molecule has 0 bridgehead atoms. The molecule has 2 heterocycles.